The lowest BCUT2D eigenvalue weighted by Gasteiger charge is -2.19. The van der Waals surface area contributed by atoms with Crippen molar-refractivity contribution in [3.8, 4) is 11.5 Å². The minimum absolute atomic E-state index is 0.0614. The van der Waals surface area contributed by atoms with Crippen LogP contribution in [-0.4, -0.2) is 52.0 Å². The number of anilines is 1. The summed E-state index contributed by atoms with van der Waals surface area (Å²) in [6.07, 6.45) is 1.68. The number of carbonyl (C=O) groups excluding carboxylic acids is 1. The molecule has 1 heterocycles. The first-order chi connectivity index (χ1) is 14.9. The van der Waals surface area contributed by atoms with Crippen molar-refractivity contribution in [3.63, 3.8) is 0 Å². The molecule has 0 saturated carbocycles. The van der Waals surface area contributed by atoms with Gasteiger partial charge in [0.05, 0.1) is 20.3 Å². The van der Waals surface area contributed by atoms with Crippen LogP contribution in [0.5, 0.6) is 11.5 Å². The predicted octanol–water partition coefficient (Wildman–Crippen LogP) is 3.03. The molecule has 0 atom stereocenters. The zero-order chi connectivity index (χ0) is 22.3. The number of hydrogen-bond acceptors (Lipinski definition) is 6. The minimum atomic E-state index is -3.70. The molecule has 2 aromatic carbocycles. The molecule has 1 aliphatic heterocycles. The quantitative estimate of drug-likeness (QED) is 0.600. The lowest BCUT2D eigenvalue weighted by atomic mass is 10.2. The van der Waals surface area contributed by atoms with E-state index < -0.39 is 10.0 Å². The molecule has 8 nitrogen and oxygen atoms in total. The van der Waals surface area contributed by atoms with Gasteiger partial charge in [0.2, 0.25) is 15.9 Å². The van der Waals surface area contributed by atoms with Crippen LogP contribution in [0.1, 0.15) is 25.3 Å². The van der Waals surface area contributed by atoms with Crippen LogP contribution in [0, 0.1) is 0 Å². The van der Waals surface area contributed by atoms with Crippen LogP contribution < -0.4 is 14.8 Å². The van der Waals surface area contributed by atoms with E-state index in [1.165, 1.54) is 10.4 Å². The van der Waals surface area contributed by atoms with Gasteiger partial charge < -0.3 is 19.5 Å². The number of methoxy groups -OCH3 is 1. The first-order valence-electron chi connectivity index (χ1n) is 10.2. The fraction of sp³-hybridized carbons (Fsp3) is 0.409. The van der Waals surface area contributed by atoms with Crippen LogP contribution in [0.25, 0.3) is 0 Å². The molecular weight excluding hydrogens is 420 g/mol. The summed E-state index contributed by atoms with van der Waals surface area (Å²) in [6, 6.07) is 12.0. The fourth-order valence-corrected chi connectivity index (χ4v) is 5.02. The number of amides is 1. The third kappa shape index (κ3) is 5.96. The van der Waals surface area contributed by atoms with Gasteiger partial charge in [0.1, 0.15) is 23.0 Å². The molecule has 1 amide bonds. The Balaban J connectivity index is 1.66. The Morgan fingerprint density at radius 2 is 1.90 bits per heavy atom. The molecule has 31 heavy (non-hydrogen) atoms. The average molecular weight is 449 g/mol. The minimum Gasteiger partial charge on any atom is -0.497 e. The Morgan fingerprint density at radius 1 is 1.13 bits per heavy atom. The summed E-state index contributed by atoms with van der Waals surface area (Å²) >= 11 is 0. The topological polar surface area (TPSA) is 94.2 Å². The van der Waals surface area contributed by atoms with E-state index in [0.717, 1.165) is 18.4 Å². The standard InChI is InChI=1S/C22H28N2O6S/c1-3-30-20-10-9-18(14-21(20)31(26,27)24-11-4-5-12-24)23-22(25)16-29-15-17-7-6-8-19(13-17)28-2/h6-10,13-14H,3-5,11-12,15-16H2,1-2H3,(H,23,25). The van der Waals surface area contributed by atoms with E-state index in [9.17, 15) is 13.2 Å². The summed E-state index contributed by atoms with van der Waals surface area (Å²) < 4.78 is 43.7. The Kier molecular flexibility index (Phi) is 7.89. The van der Waals surface area contributed by atoms with E-state index in [1.807, 2.05) is 24.3 Å². The van der Waals surface area contributed by atoms with Gasteiger partial charge >= 0.3 is 0 Å². The smallest absolute Gasteiger partial charge is 0.250 e. The number of benzene rings is 2. The van der Waals surface area contributed by atoms with Crippen LogP contribution in [0.4, 0.5) is 5.69 Å². The number of carbonyl (C=O) groups is 1. The normalized spacial score (nSPS) is 14.4. The van der Waals surface area contributed by atoms with Crippen molar-refractivity contribution in [2.24, 2.45) is 0 Å². The molecule has 0 spiro atoms. The summed E-state index contributed by atoms with van der Waals surface area (Å²) in [5.74, 6) is 0.616. The van der Waals surface area contributed by atoms with E-state index in [1.54, 1.807) is 26.2 Å². The van der Waals surface area contributed by atoms with Gasteiger partial charge in [0.25, 0.3) is 0 Å². The molecule has 3 rings (SSSR count). The van der Waals surface area contributed by atoms with E-state index in [0.29, 0.717) is 31.1 Å². The molecule has 0 bridgehead atoms. The molecule has 168 valence electrons. The number of ether oxygens (including phenoxy) is 3. The summed E-state index contributed by atoms with van der Waals surface area (Å²) in [4.78, 5) is 12.4. The van der Waals surface area contributed by atoms with Crippen molar-refractivity contribution in [2.45, 2.75) is 31.3 Å². The maximum atomic E-state index is 13.0. The Hall–Kier alpha value is -2.62. The number of rotatable bonds is 10. The van der Waals surface area contributed by atoms with Gasteiger partial charge in [-0.1, -0.05) is 12.1 Å². The molecule has 0 unspecified atom stereocenters. The van der Waals surface area contributed by atoms with Crippen molar-refractivity contribution in [1.82, 2.24) is 4.31 Å². The third-order valence-corrected chi connectivity index (χ3v) is 6.77. The van der Waals surface area contributed by atoms with Gasteiger partial charge in [-0.25, -0.2) is 8.42 Å². The monoisotopic (exact) mass is 448 g/mol. The van der Waals surface area contributed by atoms with Crippen molar-refractivity contribution in [2.75, 3.05) is 38.7 Å². The second-order valence-electron chi connectivity index (χ2n) is 7.10. The lowest BCUT2D eigenvalue weighted by molar-refractivity contribution is -0.121. The Morgan fingerprint density at radius 3 is 2.61 bits per heavy atom. The molecular formula is C22H28N2O6S. The predicted molar refractivity (Wildman–Crippen MR) is 117 cm³/mol. The second-order valence-corrected chi connectivity index (χ2v) is 9.00. The average Bonchev–Trinajstić information content (AvgIpc) is 3.31. The maximum Gasteiger partial charge on any atom is 0.250 e. The molecule has 0 radical (unpaired) electrons. The van der Waals surface area contributed by atoms with Crippen LogP contribution in [0.3, 0.4) is 0 Å². The van der Waals surface area contributed by atoms with Crippen LogP contribution in [0.15, 0.2) is 47.4 Å². The number of hydrogen-bond donors (Lipinski definition) is 1. The van der Waals surface area contributed by atoms with Crippen molar-refractivity contribution >= 4 is 21.6 Å². The molecule has 1 saturated heterocycles. The van der Waals surface area contributed by atoms with Gasteiger partial charge in [0.15, 0.2) is 0 Å². The summed E-state index contributed by atoms with van der Waals surface area (Å²) in [6.45, 7) is 3.19. The fourth-order valence-electron chi connectivity index (χ4n) is 3.35. The van der Waals surface area contributed by atoms with Gasteiger partial charge in [-0.15, -0.1) is 0 Å². The van der Waals surface area contributed by atoms with Crippen LogP contribution in [0.2, 0.25) is 0 Å². The molecule has 9 heteroatoms. The van der Waals surface area contributed by atoms with E-state index in [4.69, 9.17) is 14.2 Å². The molecule has 0 aliphatic carbocycles. The van der Waals surface area contributed by atoms with Crippen LogP contribution >= 0.6 is 0 Å². The highest BCUT2D eigenvalue weighted by molar-refractivity contribution is 7.89. The largest absolute Gasteiger partial charge is 0.497 e. The van der Waals surface area contributed by atoms with Crippen molar-refractivity contribution in [1.29, 1.82) is 0 Å². The number of nitrogens with one attached hydrogen (secondary N) is 1. The highest BCUT2D eigenvalue weighted by atomic mass is 32.2. The molecule has 1 aliphatic rings. The van der Waals surface area contributed by atoms with Crippen LogP contribution in [-0.2, 0) is 26.2 Å². The van der Waals surface area contributed by atoms with Gasteiger partial charge in [-0.05, 0) is 55.7 Å². The molecule has 1 N–H and O–H groups in total. The first-order valence-corrected chi connectivity index (χ1v) is 11.7. The second kappa shape index (κ2) is 10.6. The number of nitrogens with zero attached hydrogens (tertiary/aromatic N) is 1. The van der Waals surface area contributed by atoms with Gasteiger partial charge in [-0.3, -0.25) is 4.79 Å². The highest BCUT2D eigenvalue weighted by Crippen LogP contribution is 2.31. The molecule has 0 aromatic heterocycles. The Labute approximate surface area is 183 Å². The maximum absolute atomic E-state index is 13.0. The van der Waals surface area contributed by atoms with Crippen molar-refractivity contribution in [3.05, 3.63) is 48.0 Å². The van der Waals surface area contributed by atoms with E-state index in [2.05, 4.69) is 5.32 Å². The molecule has 1 fully saturated rings. The lowest BCUT2D eigenvalue weighted by Crippen LogP contribution is -2.28. The van der Waals surface area contributed by atoms with Gasteiger partial charge in [0, 0.05) is 18.8 Å². The highest BCUT2D eigenvalue weighted by Gasteiger charge is 2.30. The van der Waals surface area contributed by atoms with E-state index >= 15 is 0 Å². The zero-order valence-corrected chi connectivity index (χ0v) is 18.6. The Bertz CT molecular complexity index is 1000. The zero-order valence-electron chi connectivity index (χ0n) is 17.8. The third-order valence-electron chi connectivity index (χ3n) is 4.85. The SMILES string of the molecule is CCOc1ccc(NC(=O)COCc2cccc(OC)c2)cc1S(=O)(=O)N1CCCC1. The van der Waals surface area contributed by atoms with Gasteiger partial charge in [-0.2, -0.15) is 4.31 Å². The molecule has 2 aromatic rings. The van der Waals surface area contributed by atoms with E-state index in [-0.39, 0.29) is 29.8 Å². The van der Waals surface area contributed by atoms with Crippen molar-refractivity contribution < 1.29 is 27.4 Å². The summed E-state index contributed by atoms with van der Waals surface area (Å²) in [7, 11) is -2.11. The summed E-state index contributed by atoms with van der Waals surface area (Å²) in [5, 5.41) is 2.70. The summed E-state index contributed by atoms with van der Waals surface area (Å²) in [5.41, 5.74) is 1.25. The first kappa shape index (κ1) is 23.1. The number of sulfonamides is 1.